The summed E-state index contributed by atoms with van der Waals surface area (Å²) in [5, 5.41) is 0. The van der Waals surface area contributed by atoms with Crippen molar-refractivity contribution in [1.82, 2.24) is 0 Å². The number of nitrogens with two attached hydrogens (primary N) is 1. The fraction of sp³-hybridized carbons (Fsp3) is 0.500. The van der Waals surface area contributed by atoms with Gasteiger partial charge >= 0.3 is 5.97 Å². The van der Waals surface area contributed by atoms with Crippen LogP contribution in [0.3, 0.4) is 0 Å². The largest absolute Gasteiger partial charge is 0.465 e. The Morgan fingerprint density at radius 3 is 2.50 bits per heavy atom. The maximum absolute atomic E-state index is 11.8. The Morgan fingerprint density at radius 1 is 1.33 bits per heavy atom. The molecule has 0 aromatic heterocycles. The highest BCUT2D eigenvalue weighted by Gasteiger charge is 2.17. The van der Waals surface area contributed by atoms with Crippen LogP contribution >= 0.6 is 0 Å². The molecule has 4 heteroatoms. The van der Waals surface area contributed by atoms with Crippen molar-refractivity contribution in [1.29, 1.82) is 0 Å². The molecule has 4 nitrogen and oxygen atoms in total. The normalized spacial score (nSPS) is 10.7. The molecule has 0 aliphatic rings. The third-order valence-electron chi connectivity index (χ3n) is 2.93. The van der Waals surface area contributed by atoms with Gasteiger partial charge in [-0.3, -0.25) is 0 Å². The van der Waals surface area contributed by atoms with Gasteiger partial charge in [-0.2, -0.15) is 0 Å². The van der Waals surface area contributed by atoms with Gasteiger partial charge in [0.15, 0.2) is 0 Å². The molecule has 0 radical (unpaired) electrons. The number of hydrogen-bond donors (Lipinski definition) is 1. The Labute approximate surface area is 108 Å². The van der Waals surface area contributed by atoms with Gasteiger partial charge in [0.05, 0.1) is 19.3 Å². The number of anilines is 1. The Kier molecular flexibility index (Phi) is 5.16. The summed E-state index contributed by atoms with van der Waals surface area (Å²) in [5.74, 6) is -0.0394. The molecule has 0 aliphatic carbocycles. The van der Waals surface area contributed by atoms with Crippen LogP contribution in [0.2, 0.25) is 0 Å². The minimum Gasteiger partial charge on any atom is -0.465 e. The molecule has 0 heterocycles. The molecule has 0 amide bonds. The number of ether oxygens (including phenoxy) is 2. The first kappa shape index (κ1) is 14.5. The zero-order valence-electron chi connectivity index (χ0n) is 11.4. The smallest absolute Gasteiger partial charge is 0.338 e. The number of carbonyl (C=O) groups excluding carboxylic acids is 1. The monoisotopic (exact) mass is 251 g/mol. The van der Waals surface area contributed by atoms with Gasteiger partial charge in [-0.1, -0.05) is 13.8 Å². The third kappa shape index (κ3) is 3.23. The van der Waals surface area contributed by atoms with Crippen LogP contribution in [0.5, 0.6) is 0 Å². The van der Waals surface area contributed by atoms with Gasteiger partial charge in [0.1, 0.15) is 0 Å². The molecule has 1 aromatic carbocycles. The van der Waals surface area contributed by atoms with Crippen LogP contribution in [-0.2, 0) is 15.9 Å². The topological polar surface area (TPSA) is 61.5 Å². The lowest BCUT2D eigenvalue weighted by Crippen LogP contribution is -2.11. The SMILES string of the molecule is COCCc1c(N)cc(C(C)C)cc1C(=O)OC. The van der Waals surface area contributed by atoms with E-state index in [1.54, 1.807) is 7.11 Å². The van der Waals surface area contributed by atoms with Crippen molar-refractivity contribution < 1.29 is 14.3 Å². The highest BCUT2D eigenvalue weighted by Crippen LogP contribution is 2.26. The summed E-state index contributed by atoms with van der Waals surface area (Å²) in [6.45, 7) is 4.64. The first-order valence-electron chi connectivity index (χ1n) is 6.00. The van der Waals surface area contributed by atoms with Crippen molar-refractivity contribution >= 4 is 11.7 Å². The maximum Gasteiger partial charge on any atom is 0.338 e. The lowest BCUT2D eigenvalue weighted by Gasteiger charge is -2.15. The van der Waals surface area contributed by atoms with Gasteiger partial charge in [0.25, 0.3) is 0 Å². The average Bonchev–Trinajstić information content (AvgIpc) is 2.35. The molecule has 0 atom stereocenters. The van der Waals surface area contributed by atoms with Gasteiger partial charge in [-0.05, 0) is 35.6 Å². The summed E-state index contributed by atoms with van der Waals surface area (Å²) in [5.41, 5.74) is 9.03. The lowest BCUT2D eigenvalue weighted by atomic mass is 9.94. The summed E-state index contributed by atoms with van der Waals surface area (Å²) < 4.78 is 9.85. The molecular weight excluding hydrogens is 230 g/mol. The predicted octanol–water partition coefficient (Wildman–Crippen LogP) is 2.37. The van der Waals surface area contributed by atoms with Crippen molar-refractivity contribution in [3.63, 3.8) is 0 Å². The van der Waals surface area contributed by atoms with E-state index in [1.165, 1.54) is 7.11 Å². The Hall–Kier alpha value is -1.55. The van der Waals surface area contributed by atoms with Crippen LogP contribution in [0.15, 0.2) is 12.1 Å². The van der Waals surface area contributed by atoms with E-state index in [0.29, 0.717) is 30.2 Å². The molecule has 0 fully saturated rings. The van der Waals surface area contributed by atoms with Crippen LogP contribution < -0.4 is 5.73 Å². The minimum atomic E-state index is -0.352. The van der Waals surface area contributed by atoms with E-state index in [-0.39, 0.29) is 5.97 Å². The molecule has 0 saturated heterocycles. The van der Waals surface area contributed by atoms with Crippen LogP contribution in [0.1, 0.15) is 41.3 Å². The van der Waals surface area contributed by atoms with Crippen molar-refractivity contribution in [3.05, 3.63) is 28.8 Å². The number of hydrogen-bond acceptors (Lipinski definition) is 4. The summed E-state index contributed by atoms with van der Waals surface area (Å²) in [6, 6.07) is 3.78. The summed E-state index contributed by atoms with van der Waals surface area (Å²) in [6.07, 6.45) is 0.602. The van der Waals surface area contributed by atoms with Crippen molar-refractivity contribution in [2.45, 2.75) is 26.2 Å². The minimum absolute atomic E-state index is 0.312. The molecule has 1 aromatic rings. The summed E-state index contributed by atoms with van der Waals surface area (Å²) >= 11 is 0. The summed E-state index contributed by atoms with van der Waals surface area (Å²) in [7, 11) is 3.00. The van der Waals surface area contributed by atoms with Gasteiger partial charge in [-0.25, -0.2) is 4.79 Å². The first-order valence-corrected chi connectivity index (χ1v) is 6.00. The lowest BCUT2D eigenvalue weighted by molar-refractivity contribution is 0.0599. The first-order chi connectivity index (χ1) is 8.51. The molecule has 2 N–H and O–H groups in total. The zero-order chi connectivity index (χ0) is 13.7. The second-order valence-electron chi connectivity index (χ2n) is 4.53. The standard InChI is InChI=1S/C14H21NO3/c1-9(2)10-7-12(14(16)18-4)11(5-6-17-3)13(15)8-10/h7-9H,5-6,15H2,1-4H3. The molecule has 0 aliphatic heterocycles. The number of carbonyl (C=O) groups is 1. The number of rotatable bonds is 5. The molecule has 18 heavy (non-hydrogen) atoms. The quantitative estimate of drug-likeness (QED) is 0.644. The molecule has 0 spiro atoms. The van der Waals surface area contributed by atoms with Crippen LogP contribution in [0.25, 0.3) is 0 Å². The van der Waals surface area contributed by atoms with Crippen LogP contribution in [-0.4, -0.2) is 26.8 Å². The third-order valence-corrected chi connectivity index (χ3v) is 2.93. The Balaban J connectivity index is 3.25. The average molecular weight is 251 g/mol. The highest BCUT2D eigenvalue weighted by atomic mass is 16.5. The van der Waals surface area contributed by atoms with E-state index in [0.717, 1.165) is 11.1 Å². The molecule has 0 unspecified atom stereocenters. The van der Waals surface area contributed by atoms with E-state index in [1.807, 2.05) is 12.1 Å². The molecule has 0 bridgehead atoms. The molecular formula is C14H21NO3. The maximum atomic E-state index is 11.8. The van der Waals surface area contributed by atoms with Gasteiger partial charge in [0, 0.05) is 12.8 Å². The fourth-order valence-electron chi connectivity index (χ4n) is 1.83. The van der Waals surface area contributed by atoms with E-state index in [4.69, 9.17) is 15.2 Å². The zero-order valence-corrected chi connectivity index (χ0v) is 11.4. The number of esters is 1. The highest BCUT2D eigenvalue weighted by molar-refractivity contribution is 5.93. The van der Waals surface area contributed by atoms with E-state index in [2.05, 4.69) is 13.8 Å². The second kappa shape index (κ2) is 6.40. The van der Waals surface area contributed by atoms with E-state index >= 15 is 0 Å². The van der Waals surface area contributed by atoms with Gasteiger partial charge in [0.2, 0.25) is 0 Å². The number of nitrogen functional groups attached to an aromatic ring is 1. The fourth-order valence-corrected chi connectivity index (χ4v) is 1.83. The second-order valence-corrected chi connectivity index (χ2v) is 4.53. The Morgan fingerprint density at radius 2 is 2.00 bits per heavy atom. The molecule has 100 valence electrons. The summed E-state index contributed by atoms with van der Waals surface area (Å²) in [4.78, 5) is 11.8. The van der Waals surface area contributed by atoms with Gasteiger partial charge in [-0.15, -0.1) is 0 Å². The van der Waals surface area contributed by atoms with E-state index in [9.17, 15) is 4.79 Å². The van der Waals surface area contributed by atoms with E-state index < -0.39 is 0 Å². The molecule has 1 rings (SSSR count). The number of methoxy groups -OCH3 is 2. The van der Waals surface area contributed by atoms with Crippen LogP contribution in [0.4, 0.5) is 5.69 Å². The van der Waals surface area contributed by atoms with Crippen molar-refractivity contribution in [3.8, 4) is 0 Å². The van der Waals surface area contributed by atoms with Crippen molar-refractivity contribution in [2.24, 2.45) is 0 Å². The van der Waals surface area contributed by atoms with Crippen LogP contribution in [0, 0.1) is 0 Å². The number of benzene rings is 1. The Bertz CT molecular complexity index is 427. The predicted molar refractivity (Wildman–Crippen MR) is 71.9 cm³/mol. The molecule has 0 saturated carbocycles. The van der Waals surface area contributed by atoms with Crippen molar-refractivity contribution in [2.75, 3.05) is 26.6 Å². The van der Waals surface area contributed by atoms with Gasteiger partial charge < -0.3 is 15.2 Å².